The third-order valence-electron chi connectivity index (χ3n) is 25.6. The highest BCUT2D eigenvalue weighted by molar-refractivity contribution is 6.06. The number of anilines is 10. The molecule has 16 N–H and O–H groups in total. The largest absolute Gasteiger partial charge is 0.383 e. The molecule has 31 nitrogen and oxygen atoms in total. The molecule has 0 spiro atoms. The van der Waals surface area contributed by atoms with Gasteiger partial charge in [0.1, 0.15) is 58.2 Å². The molecule has 10 aromatic heterocycles. The highest BCUT2D eigenvalue weighted by Gasteiger charge is 2.51. The third-order valence-corrected chi connectivity index (χ3v) is 25.6. The van der Waals surface area contributed by atoms with Crippen LogP contribution in [0.25, 0.3) is 110 Å². The lowest BCUT2D eigenvalue weighted by atomic mass is 10.0. The number of aryl methyl sites for hydroxylation is 5. The van der Waals surface area contributed by atoms with E-state index in [1.54, 1.807) is 77.4 Å². The molecule has 10 heterocycles. The van der Waals surface area contributed by atoms with Crippen molar-refractivity contribution in [3.8, 4) is 56.3 Å². The molecule has 5 aliphatic rings. The second-order valence-corrected chi connectivity index (χ2v) is 36.3. The van der Waals surface area contributed by atoms with E-state index in [1.165, 1.54) is 9.80 Å². The van der Waals surface area contributed by atoms with Crippen molar-refractivity contribution in [3.05, 3.63) is 241 Å². The number of hydrogen-bond acceptors (Lipinski definition) is 23. The first-order valence-electron chi connectivity index (χ1n) is 45.6. The number of nitrogens with one attached hydrogen (secondary N) is 6. The Morgan fingerprint density at radius 3 is 0.693 bits per heavy atom. The Morgan fingerprint density at radius 2 is 0.489 bits per heavy atom. The van der Waals surface area contributed by atoms with Gasteiger partial charge in [0.05, 0.1) is 64.0 Å². The molecular formula is C106H109N23O8. The summed E-state index contributed by atoms with van der Waals surface area (Å²) in [5.74, 6) is 3.45. The van der Waals surface area contributed by atoms with Crippen LogP contribution in [0.3, 0.4) is 0 Å². The van der Waals surface area contributed by atoms with Gasteiger partial charge in [-0.3, -0.25) is 38.4 Å². The van der Waals surface area contributed by atoms with Crippen molar-refractivity contribution >= 4 is 159 Å². The maximum Gasteiger partial charge on any atom is 0.229 e. The van der Waals surface area contributed by atoms with Crippen LogP contribution >= 0.6 is 0 Å². The standard InChI is InChI=1S/3C22H23N5O2.2C20H20N4O/c2*1-12-6-4-5-7-14(12)18-8-13-9-19(24-11-17(13)20(23)25-18)26-21(28)15-10-16(15)22(29)27(2)3;1-3-24-21(28)15-10-16(15)22(29)27-19-9-13-8-18(14-7-5-4-6-12(14)2)26-20(23)17(13)11-25-19;2*1-11-5-3-4-6-14(11)17-8-13-9-18(22-10-16(13)19(21)23-17)24-20(25)15-7-12(15)2/h2*4-9,11,15-16H,10H2,1-3H3,(H2,23,25)(H,24,26,28);4-9,11,15-16H,3,10H2,1-2H3,(H2,23,26)(H,24,28)(H,25,27,29);2*3-6,8-10,12,15H,7H2,1-2H3,(H2,21,23)(H,22,24,25)/t15?,16-;15-,16-;15-,16+;12-,15?;12-,15-/m01101/s1. The molecule has 5 fully saturated rings. The zero-order valence-electron chi connectivity index (χ0n) is 78.2. The zero-order valence-corrected chi connectivity index (χ0v) is 78.2. The van der Waals surface area contributed by atoms with E-state index in [9.17, 15) is 38.4 Å². The number of hydrogen-bond donors (Lipinski definition) is 11. The quantitative estimate of drug-likeness (QED) is 0.0358. The van der Waals surface area contributed by atoms with E-state index in [0.717, 1.165) is 151 Å². The number of nitrogen functional groups attached to an aromatic ring is 5. The van der Waals surface area contributed by atoms with Gasteiger partial charge in [-0.2, -0.15) is 0 Å². The maximum atomic E-state index is 12.5. The van der Waals surface area contributed by atoms with Gasteiger partial charge < -0.3 is 70.4 Å². The van der Waals surface area contributed by atoms with Gasteiger partial charge in [-0.05, 0) is 201 Å². The Balaban J connectivity index is 0.000000124. The molecule has 8 amide bonds. The Labute approximate surface area is 791 Å². The number of nitrogens with zero attached hydrogens (tertiary/aromatic N) is 12. The summed E-state index contributed by atoms with van der Waals surface area (Å²) in [6, 6.07) is 58.9. The van der Waals surface area contributed by atoms with Crippen LogP contribution < -0.4 is 60.6 Å². The smallest absolute Gasteiger partial charge is 0.229 e. The molecule has 5 aliphatic carbocycles. The first-order chi connectivity index (χ1) is 65.7. The van der Waals surface area contributed by atoms with Crippen molar-refractivity contribution < 1.29 is 38.4 Å². The minimum absolute atomic E-state index is 0.0154. The minimum Gasteiger partial charge on any atom is -0.383 e. The Kier molecular flexibility index (Phi) is 27.3. The van der Waals surface area contributed by atoms with Crippen molar-refractivity contribution in [2.24, 2.45) is 59.2 Å². The number of carbonyl (C=O) groups excluding carboxylic acids is 8. The van der Waals surface area contributed by atoms with Gasteiger partial charge in [-0.25, -0.2) is 49.8 Å². The molecule has 0 bridgehead atoms. The summed E-state index contributed by atoms with van der Waals surface area (Å²) in [6.07, 6.45) is 11.8. The summed E-state index contributed by atoms with van der Waals surface area (Å²) >= 11 is 0. The maximum absolute atomic E-state index is 12.5. The lowest BCUT2D eigenvalue weighted by Crippen LogP contribution is -2.27. The molecule has 137 heavy (non-hydrogen) atoms. The van der Waals surface area contributed by atoms with Gasteiger partial charge in [-0.1, -0.05) is 135 Å². The minimum atomic E-state index is -0.302. The molecule has 5 saturated carbocycles. The predicted octanol–water partition coefficient (Wildman–Crippen LogP) is 16.2. The van der Waals surface area contributed by atoms with Gasteiger partial charge in [0.25, 0.3) is 0 Å². The van der Waals surface area contributed by atoms with E-state index >= 15 is 0 Å². The van der Waals surface area contributed by atoms with Crippen molar-refractivity contribution in [3.63, 3.8) is 0 Å². The fraction of sp³-hybridized carbons (Fsp3) is 0.264. The highest BCUT2D eigenvalue weighted by Crippen LogP contribution is 2.45. The summed E-state index contributed by atoms with van der Waals surface area (Å²) in [5, 5.41) is 25.2. The molecule has 696 valence electrons. The number of carbonyl (C=O) groups is 8. The lowest BCUT2D eigenvalue weighted by molar-refractivity contribution is -0.132. The van der Waals surface area contributed by atoms with Crippen molar-refractivity contribution in [2.45, 2.75) is 87.5 Å². The monoisotopic (exact) mass is 1830 g/mol. The number of benzene rings is 5. The van der Waals surface area contributed by atoms with Crippen LogP contribution in [0.2, 0.25) is 0 Å². The molecule has 2 unspecified atom stereocenters. The van der Waals surface area contributed by atoms with E-state index in [4.69, 9.17) is 28.7 Å². The van der Waals surface area contributed by atoms with E-state index < -0.39 is 0 Å². The van der Waals surface area contributed by atoms with E-state index in [0.29, 0.717) is 95.8 Å². The molecule has 0 aliphatic heterocycles. The Hall–Kier alpha value is -16.3. The molecule has 0 radical (unpaired) electrons. The summed E-state index contributed by atoms with van der Waals surface area (Å²) in [6.45, 7) is 16.8. The molecular weight excluding hydrogens is 1720 g/mol. The second kappa shape index (κ2) is 39.8. The van der Waals surface area contributed by atoms with Crippen LogP contribution in [0, 0.1) is 93.8 Å². The second-order valence-electron chi connectivity index (χ2n) is 36.3. The SMILES string of the molecule is CCNC(=O)[C@@H]1C[C@@H]1C(=O)Nc1cc2cc(-c3ccccc3C)nc(N)c2cn1.Cc1ccccc1-c1cc2cc(NC(=O)C3C[C@@H]3C(=O)N(C)C)ncc2c(N)n1.Cc1ccccc1-c1cc2cc(NC(=O)C3C[C@@H]3C)ncc2c(N)n1.Cc1ccccc1-c1cc2cc(NC(=O)[C@@H]3C[C@H]3C(=O)N(C)C)ncc2c(N)n1.Cc1ccccc1-c1cc2cc(NC(=O)[C@@H]3C[C@H]3C)ncc2c(N)n1. The number of rotatable bonds is 19. The molecule has 5 aromatic carbocycles. The van der Waals surface area contributed by atoms with E-state index in [1.807, 2.05) is 205 Å². The number of aromatic nitrogens is 10. The third kappa shape index (κ3) is 21.6. The molecule has 15 aromatic rings. The molecule has 20 rings (SSSR count). The van der Waals surface area contributed by atoms with Crippen LogP contribution in [0.1, 0.15) is 80.7 Å². The Bertz CT molecular complexity index is 6970. The topological polar surface area (TPSA) is 474 Å². The number of pyridine rings is 10. The van der Waals surface area contributed by atoms with Crippen LogP contribution in [0.4, 0.5) is 58.2 Å². The van der Waals surface area contributed by atoms with Gasteiger partial charge in [-0.15, -0.1) is 0 Å². The average molecular weight is 1830 g/mol. The first-order valence-corrected chi connectivity index (χ1v) is 45.6. The van der Waals surface area contributed by atoms with E-state index in [2.05, 4.69) is 95.6 Å². The predicted molar refractivity (Wildman–Crippen MR) is 539 cm³/mol. The normalized spacial score (nSPS) is 18.2. The van der Waals surface area contributed by atoms with Crippen LogP contribution in [0.15, 0.2) is 213 Å². The van der Waals surface area contributed by atoms with Crippen LogP contribution in [-0.4, -0.2) is 142 Å². The van der Waals surface area contributed by atoms with E-state index in [-0.39, 0.29) is 94.6 Å². The fourth-order valence-electron chi connectivity index (χ4n) is 16.9. The summed E-state index contributed by atoms with van der Waals surface area (Å²) < 4.78 is 0. The van der Waals surface area contributed by atoms with Gasteiger partial charge in [0.2, 0.25) is 47.3 Å². The number of amides is 8. The number of fused-ring (bicyclic) bond motifs is 5. The molecule has 0 saturated heterocycles. The van der Waals surface area contributed by atoms with Crippen LogP contribution in [-0.2, 0) is 38.4 Å². The highest BCUT2D eigenvalue weighted by atomic mass is 16.2. The summed E-state index contributed by atoms with van der Waals surface area (Å²) in [5.41, 5.74) is 45.4. The van der Waals surface area contributed by atoms with Crippen LogP contribution in [0.5, 0.6) is 0 Å². The summed E-state index contributed by atoms with van der Waals surface area (Å²) in [4.78, 5) is 145. The molecule has 31 heteroatoms. The van der Waals surface area contributed by atoms with Crippen molar-refractivity contribution in [1.29, 1.82) is 0 Å². The van der Waals surface area contributed by atoms with Gasteiger partial charge in [0, 0.05) is 132 Å². The Morgan fingerprint density at radius 1 is 0.292 bits per heavy atom. The average Bonchev–Trinajstić information content (AvgIpc) is 1.73. The lowest BCUT2D eigenvalue weighted by Gasteiger charge is -2.11. The zero-order chi connectivity index (χ0) is 97.1. The van der Waals surface area contributed by atoms with Gasteiger partial charge >= 0.3 is 0 Å². The van der Waals surface area contributed by atoms with Crippen molar-refractivity contribution in [1.82, 2.24) is 65.0 Å². The van der Waals surface area contributed by atoms with Gasteiger partial charge in [0.15, 0.2) is 0 Å². The molecule has 10 atom stereocenters. The first kappa shape index (κ1) is 93.9. The van der Waals surface area contributed by atoms with Crippen molar-refractivity contribution in [2.75, 3.05) is 90.0 Å². The summed E-state index contributed by atoms with van der Waals surface area (Å²) in [7, 11) is 6.80. The number of nitrogens with two attached hydrogens (primary N) is 5. The fourth-order valence-corrected chi connectivity index (χ4v) is 16.9.